The predicted octanol–water partition coefficient (Wildman–Crippen LogP) is 1.77. The van der Waals surface area contributed by atoms with Crippen molar-refractivity contribution in [1.82, 2.24) is 4.72 Å². The first-order chi connectivity index (χ1) is 11.3. The molecule has 132 valence electrons. The van der Waals surface area contributed by atoms with Gasteiger partial charge < -0.3 is 14.6 Å². The standard InChI is InChI=1S/C16H21NO6S/c1-16(15(18)19)7-3-2-4-14(16)17-24(20,21)11-5-6-12-13(10-11)23-9-8-22-12/h5-6,10,14,17H,2-4,7-9H2,1H3,(H,18,19). The molecule has 0 saturated heterocycles. The van der Waals surface area contributed by atoms with E-state index in [9.17, 15) is 18.3 Å². The molecule has 1 heterocycles. The predicted molar refractivity (Wildman–Crippen MR) is 85.8 cm³/mol. The van der Waals surface area contributed by atoms with Gasteiger partial charge in [0.15, 0.2) is 11.5 Å². The molecule has 2 atom stereocenters. The SMILES string of the molecule is CC1(C(=O)O)CCCCC1NS(=O)(=O)c1ccc2c(c1)OCCO2. The summed E-state index contributed by atoms with van der Waals surface area (Å²) in [6, 6.07) is 3.77. The second kappa shape index (κ2) is 6.25. The van der Waals surface area contributed by atoms with Crippen LogP contribution in [0.25, 0.3) is 0 Å². The van der Waals surface area contributed by atoms with E-state index in [0.717, 1.165) is 12.8 Å². The number of carboxylic acids is 1. The number of nitrogens with one attached hydrogen (secondary N) is 1. The van der Waals surface area contributed by atoms with Crippen molar-refractivity contribution in [1.29, 1.82) is 0 Å². The number of hydrogen-bond donors (Lipinski definition) is 2. The molecule has 0 spiro atoms. The maximum atomic E-state index is 12.7. The smallest absolute Gasteiger partial charge is 0.310 e. The van der Waals surface area contributed by atoms with Gasteiger partial charge in [0.1, 0.15) is 13.2 Å². The lowest BCUT2D eigenvalue weighted by Gasteiger charge is -2.38. The van der Waals surface area contributed by atoms with Crippen molar-refractivity contribution >= 4 is 16.0 Å². The molecule has 7 nitrogen and oxygen atoms in total. The van der Waals surface area contributed by atoms with Gasteiger partial charge in [0, 0.05) is 12.1 Å². The number of rotatable bonds is 4. The van der Waals surface area contributed by atoms with Gasteiger partial charge in [-0.25, -0.2) is 13.1 Å². The van der Waals surface area contributed by atoms with Crippen LogP contribution in [-0.2, 0) is 14.8 Å². The van der Waals surface area contributed by atoms with Crippen LogP contribution in [0.5, 0.6) is 11.5 Å². The summed E-state index contributed by atoms with van der Waals surface area (Å²) in [6.07, 6.45) is 2.55. The van der Waals surface area contributed by atoms with E-state index in [0.29, 0.717) is 37.6 Å². The molecule has 2 aliphatic rings. The Balaban J connectivity index is 1.86. The second-order valence-corrected chi connectivity index (χ2v) is 8.16. The van der Waals surface area contributed by atoms with Crippen LogP contribution in [0.2, 0.25) is 0 Å². The molecule has 1 aliphatic heterocycles. The Bertz CT molecular complexity index is 747. The molecule has 1 fully saturated rings. The quantitative estimate of drug-likeness (QED) is 0.853. The van der Waals surface area contributed by atoms with Gasteiger partial charge >= 0.3 is 5.97 Å². The number of hydrogen-bond acceptors (Lipinski definition) is 5. The summed E-state index contributed by atoms with van der Waals surface area (Å²) in [5.74, 6) is -0.0842. The van der Waals surface area contributed by atoms with E-state index in [4.69, 9.17) is 9.47 Å². The molecule has 2 N–H and O–H groups in total. The molecule has 1 aromatic rings. The Morgan fingerprint density at radius 2 is 1.96 bits per heavy atom. The highest BCUT2D eigenvalue weighted by Crippen LogP contribution is 2.38. The summed E-state index contributed by atoms with van der Waals surface area (Å²) in [7, 11) is -3.85. The largest absolute Gasteiger partial charge is 0.486 e. The van der Waals surface area contributed by atoms with Crippen LogP contribution in [0.4, 0.5) is 0 Å². The van der Waals surface area contributed by atoms with Crippen molar-refractivity contribution in [2.45, 2.75) is 43.5 Å². The average Bonchev–Trinajstić information content (AvgIpc) is 2.56. The first kappa shape index (κ1) is 17.0. The van der Waals surface area contributed by atoms with Gasteiger partial charge in [-0.05, 0) is 31.9 Å². The third-order valence-corrected chi connectivity index (χ3v) is 6.29. The van der Waals surface area contributed by atoms with Gasteiger partial charge in [0.05, 0.1) is 10.3 Å². The minimum Gasteiger partial charge on any atom is -0.486 e. The Kier molecular flexibility index (Phi) is 4.44. The van der Waals surface area contributed by atoms with E-state index >= 15 is 0 Å². The molecule has 0 radical (unpaired) electrons. The number of benzene rings is 1. The van der Waals surface area contributed by atoms with E-state index in [1.54, 1.807) is 13.0 Å². The number of aliphatic carboxylic acids is 1. The zero-order valence-electron chi connectivity index (χ0n) is 13.4. The molecule has 0 amide bonds. The highest BCUT2D eigenvalue weighted by Gasteiger charge is 2.45. The zero-order chi connectivity index (χ0) is 17.4. The molecule has 24 heavy (non-hydrogen) atoms. The average molecular weight is 355 g/mol. The summed E-state index contributed by atoms with van der Waals surface area (Å²) in [6.45, 7) is 2.39. The fourth-order valence-electron chi connectivity index (χ4n) is 3.22. The summed E-state index contributed by atoms with van der Waals surface area (Å²) in [4.78, 5) is 11.7. The van der Waals surface area contributed by atoms with Gasteiger partial charge in [-0.1, -0.05) is 12.8 Å². The van der Waals surface area contributed by atoms with Gasteiger partial charge in [0.2, 0.25) is 10.0 Å². The maximum Gasteiger partial charge on any atom is 0.310 e. The number of carboxylic acid groups (broad SMARTS) is 1. The van der Waals surface area contributed by atoms with E-state index < -0.39 is 27.4 Å². The fraction of sp³-hybridized carbons (Fsp3) is 0.562. The van der Waals surface area contributed by atoms with Gasteiger partial charge in [-0.3, -0.25) is 4.79 Å². The van der Waals surface area contributed by atoms with Crippen LogP contribution in [0.15, 0.2) is 23.1 Å². The van der Waals surface area contributed by atoms with Crippen LogP contribution in [-0.4, -0.2) is 38.7 Å². The Morgan fingerprint density at radius 1 is 1.25 bits per heavy atom. The molecule has 3 rings (SSSR count). The minimum absolute atomic E-state index is 0.0464. The number of fused-ring (bicyclic) bond motifs is 1. The van der Waals surface area contributed by atoms with E-state index in [-0.39, 0.29) is 4.90 Å². The Hall–Kier alpha value is -1.80. The van der Waals surface area contributed by atoms with Crippen molar-refractivity contribution in [3.8, 4) is 11.5 Å². The van der Waals surface area contributed by atoms with Crippen LogP contribution < -0.4 is 14.2 Å². The molecule has 0 aromatic heterocycles. The third-order valence-electron chi connectivity index (χ3n) is 4.82. The normalized spacial score (nSPS) is 26.8. The van der Waals surface area contributed by atoms with E-state index in [1.807, 2.05) is 0 Å². The Labute approximate surface area is 141 Å². The molecule has 1 aliphatic carbocycles. The van der Waals surface area contributed by atoms with Crippen LogP contribution in [0.3, 0.4) is 0 Å². The monoisotopic (exact) mass is 355 g/mol. The fourth-order valence-corrected chi connectivity index (χ4v) is 4.62. The van der Waals surface area contributed by atoms with Crippen molar-refractivity contribution in [2.24, 2.45) is 5.41 Å². The van der Waals surface area contributed by atoms with Crippen molar-refractivity contribution < 1.29 is 27.8 Å². The molecular formula is C16H21NO6S. The molecular weight excluding hydrogens is 334 g/mol. The number of carbonyl (C=O) groups is 1. The van der Waals surface area contributed by atoms with E-state index in [2.05, 4.69) is 4.72 Å². The van der Waals surface area contributed by atoms with Crippen molar-refractivity contribution in [3.05, 3.63) is 18.2 Å². The minimum atomic E-state index is -3.85. The zero-order valence-corrected chi connectivity index (χ0v) is 14.3. The topological polar surface area (TPSA) is 102 Å². The maximum absolute atomic E-state index is 12.7. The first-order valence-corrected chi connectivity index (χ1v) is 9.47. The molecule has 2 unspecified atom stereocenters. The van der Waals surface area contributed by atoms with Crippen molar-refractivity contribution in [3.63, 3.8) is 0 Å². The van der Waals surface area contributed by atoms with Crippen LogP contribution in [0.1, 0.15) is 32.6 Å². The summed E-state index contributed by atoms with van der Waals surface area (Å²) < 4.78 is 38.8. The van der Waals surface area contributed by atoms with Crippen molar-refractivity contribution in [2.75, 3.05) is 13.2 Å². The second-order valence-electron chi connectivity index (χ2n) is 6.45. The number of sulfonamides is 1. The number of ether oxygens (including phenoxy) is 2. The summed E-state index contributed by atoms with van der Waals surface area (Å²) in [5.41, 5.74) is -1.10. The third kappa shape index (κ3) is 3.08. The van der Waals surface area contributed by atoms with E-state index in [1.165, 1.54) is 12.1 Å². The highest BCUT2D eigenvalue weighted by molar-refractivity contribution is 7.89. The van der Waals surface area contributed by atoms with Gasteiger partial charge in [-0.2, -0.15) is 0 Å². The van der Waals surface area contributed by atoms with Gasteiger partial charge in [-0.15, -0.1) is 0 Å². The molecule has 8 heteroatoms. The summed E-state index contributed by atoms with van der Waals surface area (Å²) in [5, 5.41) is 9.52. The Morgan fingerprint density at radius 3 is 2.67 bits per heavy atom. The van der Waals surface area contributed by atoms with Crippen LogP contribution in [0, 0.1) is 5.41 Å². The summed E-state index contributed by atoms with van der Waals surface area (Å²) >= 11 is 0. The van der Waals surface area contributed by atoms with Gasteiger partial charge in [0.25, 0.3) is 0 Å². The lowest BCUT2D eigenvalue weighted by atomic mass is 9.72. The molecule has 1 saturated carbocycles. The highest BCUT2D eigenvalue weighted by atomic mass is 32.2. The molecule has 0 bridgehead atoms. The lowest BCUT2D eigenvalue weighted by Crippen LogP contribution is -2.52. The first-order valence-electron chi connectivity index (χ1n) is 7.98. The lowest BCUT2D eigenvalue weighted by molar-refractivity contribution is -0.151. The molecule has 1 aromatic carbocycles. The van der Waals surface area contributed by atoms with Crippen LogP contribution >= 0.6 is 0 Å².